The van der Waals surface area contributed by atoms with Crippen molar-refractivity contribution in [2.24, 2.45) is 0 Å². The number of nitrogens with zero attached hydrogens (tertiary/aromatic N) is 3. The quantitative estimate of drug-likeness (QED) is 0.292. The Kier molecular flexibility index (Phi) is 3.84. The minimum Gasteiger partial charge on any atom is -0.303 e. The van der Waals surface area contributed by atoms with Gasteiger partial charge < -0.3 is 4.57 Å². The molecule has 2 aromatic heterocycles. The average molecular weight is 430 g/mol. The molecule has 0 fully saturated rings. The van der Waals surface area contributed by atoms with Gasteiger partial charge in [-0.3, -0.25) is 0 Å². The van der Waals surface area contributed by atoms with Crippen LogP contribution in [-0.4, -0.2) is 14.5 Å². The van der Waals surface area contributed by atoms with Gasteiger partial charge in [0, 0.05) is 17.7 Å². The molecule has 1 aliphatic heterocycles. The number of hydrogen-bond donors (Lipinski definition) is 0. The van der Waals surface area contributed by atoms with Crippen molar-refractivity contribution < 1.29 is 0 Å². The first kappa shape index (κ1) is 17.9. The summed E-state index contributed by atoms with van der Waals surface area (Å²) in [5, 5.41) is 1.06. The van der Waals surface area contributed by atoms with Crippen LogP contribution in [0.4, 0.5) is 0 Å². The van der Waals surface area contributed by atoms with Crippen LogP contribution in [0.5, 0.6) is 0 Å². The van der Waals surface area contributed by atoms with Gasteiger partial charge in [0.05, 0.1) is 21.3 Å². The van der Waals surface area contributed by atoms with E-state index in [0.717, 1.165) is 39.4 Å². The standard InChI is InChI=1S/C28H19N3S/c1-2-6-22-19(5-1)15-16-31-25-17-21(13-14-23(25)29-27(22)31)18-9-11-20(12-10-18)28-30-24-7-3-4-8-26(24)32-28/h1-5,7-17,22H,6H2. The van der Waals surface area contributed by atoms with Gasteiger partial charge in [-0.1, -0.05) is 60.7 Å². The lowest BCUT2D eigenvalue weighted by atomic mass is 9.89. The maximum Gasteiger partial charge on any atom is 0.124 e. The van der Waals surface area contributed by atoms with Crippen molar-refractivity contribution in [1.29, 1.82) is 0 Å². The van der Waals surface area contributed by atoms with Crippen molar-refractivity contribution in [1.82, 2.24) is 14.5 Å². The SMILES string of the molecule is C1=CCC2C(=C1)C=Cn1c2nc2ccc(-c3ccc(-c4nc5ccccc5s4)cc3)cc21. The van der Waals surface area contributed by atoms with E-state index in [4.69, 9.17) is 9.97 Å². The second kappa shape index (κ2) is 6.87. The van der Waals surface area contributed by atoms with Gasteiger partial charge in [0.1, 0.15) is 10.8 Å². The summed E-state index contributed by atoms with van der Waals surface area (Å²) in [5.74, 6) is 1.50. The Balaban J connectivity index is 1.27. The van der Waals surface area contributed by atoms with E-state index in [1.807, 2.05) is 6.07 Å². The van der Waals surface area contributed by atoms with Crippen LogP contribution in [0.15, 0.2) is 96.6 Å². The van der Waals surface area contributed by atoms with Crippen molar-refractivity contribution in [2.45, 2.75) is 12.3 Å². The topological polar surface area (TPSA) is 30.7 Å². The highest BCUT2D eigenvalue weighted by molar-refractivity contribution is 7.21. The molecule has 3 aromatic carbocycles. The van der Waals surface area contributed by atoms with Gasteiger partial charge in [-0.25, -0.2) is 9.97 Å². The normalized spacial score (nSPS) is 16.9. The van der Waals surface area contributed by atoms with E-state index in [0.29, 0.717) is 5.92 Å². The van der Waals surface area contributed by atoms with Crippen molar-refractivity contribution in [3.8, 4) is 21.7 Å². The fourth-order valence-corrected chi connectivity index (χ4v) is 5.70. The van der Waals surface area contributed by atoms with Gasteiger partial charge >= 0.3 is 0 Å². The van der Waals surface area contributed by atoms with Gasteiger partial charge in [-0.2, -0.15) is 0 Å². The summed E-state index contributed by atoms with van der Waals surface area (Å²) in [4.78, 5) is 9.77. The smallest absolute Gasteiger partial charge is 0.124 e. The van der Waals surface area contributed by atoms with E-state index in [-0.39, 0.29) is 0 Å². The molecule has 4 heteroatoms. The third kappa shape index (κ3) is 2.73. The molecule has 32 heavy (non-hydrogen) atoms. The molecule has 152 valence electrons. The molecule has 0 spiro atoms. The van der Waals surface area contributed by atoms with Crippen LogP contribution < -0.4 is 0 Å². The summed E-state index contributed by atoms with van der Waals surface area (Å²) in [7, 11) is 0. The number of hydrogen-bond acceptors (Lipinski definition) is 3. The number of benzene rings is 3. The lowest BCUT2D eigenvalue weighted by Crippen LogP contribution is -2.12. The predicted octanol–water partition coefficient (Wildman–Crippen LogP) is 7.43. The zero-order valence-electron chi connectivity index (χ0n) is 17.3. The van der Waals surface area contributed by atoms with Crippen LogP contribution in [0.3, 0.4) is 0 Å². The molecule has 2 aliphatic rings. The minimum atomic E-state index is 0.356. The van der Waals surface area contributed by atoms with Crippen molar-refractivity contribution >= 4 is 38.8 Å². The van der Waals surface area contributed by atoms with Crippen LogP contribution in [0.25, 0.3) is 49.1 Å². The van der Waals surface area contributed by atoms with E-state index in [1.165, 1.54) is 21.4 Å². The molecule has 0 saturated heterocycles. The highest BCUT2D eigenvalue weighted by Crippen LogP contribution is 2.38. The number of thiazole rings is 1. The van der Waals surface area contributed by atoms with Crippen molar-refractivity contribution in [2.75, 3.05) is 0 Å². The second-order valence-corrected chi connectivity index (χ2v) is 9.34. The van der Waals surface area contributed by atoms with Crippen molar-refractivity contribution in [3.63, 3.8) is 0 Å². The molecule has 0 radical (unpaired) electrons. The van der Waals surface area contributed by atoms with Crippen LogP contribution in [0.1, 0.15) is 18.2 Å². The molecule has 1 atom stereocenters. The molecule has 7 rings (SSSR count). The fraction of sp³-hybridized carbons (Fsp3) is 0.0714. The molecule has 1 aliphatic carbocycles. The summed E-state index contributed by atoms with van der Waals surface area (Å²) in [6, 6.07) is 23.6. The molecule has 1 unspecified atom stereocenters. The lowest BCUT2D eigenvalue weighted by molar-refractivity contribution is 0.731. The van der Waals surface area contributed by atoms with E-state index in [1.54, 1.807) is 11.3 Å². The number of para-hydroxylation sites is 1. The van der Waals surface area contributed by atoms with Gasteiger partial charge in [-0.15, -0.1) is 11.3 Å². The van der Waals surface area contributed by atoms with Gasteiger partial charge in [0.15, 0.2) is 0 Å². The summed E-state index contributed by atoms with van der Waals surface area (Å²) in [5.41, 5.74) is 8.19. The van der Waals surface area contributed by atoms with Gasteiger partial charge in [0.2, 0.25) is 0 Å². The third-order valence-corrected chi connectivity index (χ3v) is 7.49. The molecule has 0 saturated carbocycles. The molecule has 3 nitrogen and oxygen atoms in total. The summed E-state index contributed by atoms with van der Waals surface area (Å²) >= 11 is 1.74. The number of imidazole rings is 1. The first-order valence-corrected chi connectivity index (χ1v) is 11.7. The Hall–Kier alpha value is -3.76. The van der Waals surface area contributed by atoms with Gasteiger partial charge in [0.25, 0.3) is 0 Å². The van der Waals surface area contributed by atoms with Crippen LogP contribution >= 0.6 is 11.3 Å². The van der Waals surface area contributed by atoms with Crippen LogP contribution in [0.2, 0.25) is 0 Å². The molecule has 3 heterocycles. The Morgan fingerprint density at radius 1 is 0.844 bits per heavy atom. The lowest BCUT2D eigenvalue weighted by Gasteiger charge is -2.23. The summed E-state index contributed by atoms with van der Waals surface area (Å²) < 4.78 is 3.48. The second-order valence-electron chi connectivity index (χ2n) is 8.31. The number of fused-ring (bicyclic) bond motifs is 6. The van der Waals surface area contributed by atoms with E-state index < -0.39 is 0 Å². The Bertz CT molecular complexity index is 1560. The number of aromatic nitrogens is 3. The first-order valence-electron chi connectivity index (χ1n) is 10.9. The number of rotatable bonds is 2. The van der Waals surface area contributed by atoms with Gasteiger partial charge in [-0.05, 0) is 53.5 Å². The monoisotopic (exact) mass is 429 g/mol. The molecule has 0 amide bonds. The maximum absolute atomic E-state index is 4.98. The average Bonchev–Trinajstić information content (AvgIpc) is 3.45. The summed E-state index contributed by atoms with van der Waals surface area (Å²) in [6.45, 7) is 0. The highest BCUT2D eigenvalue weighted by Gasteiger charge is 2.25. The third-order valence-electron chi connectivity index (χ3n) is 6.40. The van der Waals surface area contributed by atoms with E-state index in [2.05, 4.69) is 95.7 Å². The molecule has 0 N–H and O–H groups in total. The Morgan fingerprint density at radius 3 is 2.59 bits per heavy atom. The predicted molar refractivity (Wildman–Crippen MR) is 134 cm³/mol. The zero-order chi connectivity index (χ0) is 21.1. The molecular weight excluding hydrogens is 410 g/mol. The first-order chi connectivity index (χ1) is 15.8. The van der Waals surface area contributed by atoms with Crippen molar-refractivity contribution in [3.05, 3.63) is 102 Å². The fourth-order valence-electron chi connectivity index (χ4n) is 4.73. The molecular formula is C28H19N3S. The van der Waals surface area contributed by atoms with E-state index in [9.17, 15) is 0 Å². The van der Waals surface area contributed by atoms with Crippen LogP contribution in [0, 0.1) is 0 Å². The summed E-state index contributed by atoms with van der Waals surface area (Å²) in [6.07, 6.45) is 12.0. The molecule has 0 bridgehead atoms. The maximum atomic E-state index is 4.98. The minimum absolute atomic E-state index is 0.356. The Morgan fingerprint density at radius 2 is 1.69 bits per heavy atom. The van der Waals surface area contributed by atoms with E-state index >= 15 is 0 Å². The van der Waals surface area contributed by atoms with Crippen LogP contribution in [-0.2, 0) is 0 Å². The largest absolute Gasteiger partial charge is 0.303 e. The zero-order valence-corrected chi connectivity index (χ0v) is 18.1. The molecule has 5 aromatic rings. The highest BCUT2D eigenvalue weighted by atomic mass is 32.1. The number of allylic oxidation sites excluding steroid dienone is 5. The Labute approximate surface area is 189 Å².